The summed E-state index contributed by atoms with van der Waals surface area (Å²) >= 11 is 0. The Labute approximate surface area is 94.1 Å². The number of ether oxygens (including phenoxy) is 2. The van der Waals surface area contributed by atoms with E-state index in [1.54, 1.807) is 6.07 Å². The summed E-state index contributed by atoms with van der Waals surface area (Å²) in [5, 5.41) is 10.5. The predicted molar refractivity (Wildman–Crippen MR) is 60.1 cm³/mol. The van der Waals surface area contributed by atoms with Crippen LogP contribution in [-0.4, -0.2) is 18.6 Å². The van der Waals surface area contributed by atoms with Crippen LogP contribution in [0.25, 0.3) is 0 Å². The summed E-state index contributed by atoms with van der Waals surface area (Å²) < 4.78 is 10.5. The van der Waals surface area contributed by atoms with Crippen molar-refractivity contribution < 1.29 is 14.4 Å². The van der Waals surface area contributed by atoms with Gasteiger partial charge in [0.25, 0.3) is 5.69 Å². The molecule has 5 nitrogen and oxygen atoms in total. The van der Waals surface area contributed by atoms with Crippen LogP contribution in [0.5, 0.6) is 11.5 Å². The third kappa shape index (κ3) is 3.12. The minimum atomic E-state index is -0.460. The van der Waals surface area contributed by atoms with Crippen molar-refractivity contribution in [3.63, 3.8) is 0 Å². The monoisotopic (exact) mass is 225 g/mol. The Hall–Kier alpha value is -1.78. The normalized spacial score (nSPS) is 9.88. The molecule has 1 rings (SSSR count). The number of hydrogen-bond acceptors (Lipinski definition) is 4. The van der Waals surface area contributed by atoms with Gasteiger partial charge in [0.05, 0.1) is 24.7 Å². The standard InChI is InChI=1S/C11H15NO4/c1-3-4-7-16-10-6-5-9(12(13)14)8-11(10)15-2/h5-6,8H,3-4,7H2,1-2H3. The summed E-state index contributed by atoms with van der Waals surface area (Å²) in [5.41, 5.74) is -0.000286. The number of nitro groups is 1. The summed E-state index contributed by atoms with van der Waals surface area (Å²) in [6.07, 6.45) is 1.98. The highest BCUT2D eigenvalue weighted by Gasteiger charge is 2.11. The van der Waals surface area contributed by atoms with Crippen LogP contribution in [0.2, 0.25) is 0 Å². The highest BCUT2D eigenvalue weighted by atomic mass is 16.6. The lowest BCUT2D eigenvalue weighted by molar-refractivity contribution is -0.384. The molecule has 0 aromatic heterocycles. The molecule has 0 N–H and O–H groups in total. The van der Waals surface area contributed by atoms with Crippen molar-refractivity contribution in [2.45, 2.75) is 19.8 Å². The third-order valence-electron chi connectivity index (χ3n) is 2.11. The molecule has 0 aliphatic rings. The van der Waals surface area contributed by atoms with Crippen molar-refractivity contribution in [1.82, 2.24) is 0 Å². The zero-order valence-electron chi connectivity index (χ0n) is 9.43. The van der Waals surface area contributed by atoms with Crippen molar-refractivity contribution in [1.29, 1.82) is 0 Å². The molecule has 0 heterocycles. The molecule has 16 heavy (non-hydrogen) atoms. The van der Waals surface area contributed by atoms with Gasteiger partial charge in [-0.15, -0.1) is 0 Å². The molecule has 1 aromatic rings. The molecule has 5 heteroatoms. The maximum atomic E-state index is 10.5. The van der Waals surface area contributed by atoms with Crippen LogP contribution >= 0.6 is 0 Å². The fourth-order valence-corrected chi connectivity index (χ4v) is 1.22. The largest absolute Gasteiger partial charge is 0.493 e. The number of rotatable bonds is 6. The van der Waals surface area contributed by atoms with Gasteiger partial charge in [0.2, 0.25) is 0 Å². The van der Waals surface area contributed by atoms with Gasteiger partial charge < -0.3 is 9.47 Å². The Morgan fingerprint density at radius 2 is 2.12 bits per heavy atom. The second-order valence-electron chi connectivity index (χ2n) is 3.29. The van der Waals surface area contributed by atoms with Gasteiger partial charge in [0.15, 0.2) is 11.5 Å². The van der Waals surface area contributed by atoms with Gasteiger partial charge in [-0.25, -0.2) is 0 Å². The van der Waals surface area contributed by atoms with Gasteiger partial charge in [-0.05, 0) is 12.5 Å². The van der Waals surface area contributed by atoms with Crippen molar-refractivity contribution in [2.24, 2.45) is 0 Å². The molecule has 0 radical (unpaired) electrons. The highest BCUT2D eigenvalue weighted by molar-refractivity contribution is 5.48. The van der Waals surface area contributed by atoms with E-state index in [4.69, 9.17) is 9.47 Å². The smallest absolute Gasteiger partial charge is 0.273 e. The summed E-state index contributed by atoms with van der Waals surface area (Å²) in [6.45, 7) is 2.65. The van der Waals surface area contributed by atoms with E-state index < -0.39 is 4.92 Å². The van der Waals surface area contributed by atoms with Gasteiger partial charge in [0.1, 0.15) is 0 Å². The predicted octanol–water partition coefficient (Wildman–Crippen LogP) is 2.78. The first-order valence-corrected chi connectivity index (χ1v) is 5.14. The van der Waals surface area contributed by atoms with E-state index in [0.717, 1.165) is 12.8 Å². The Morgan fingerprint density at radius 1 is 1.38 bits per heavy atom. The Morgan fingerprint density at radius 3 is 2.69 bits per heavy atom. The van der Waals surface area contributed by atoms with Crippen LogP contribution in [0.15, 0.2) is 18.2 Å². The summed E-state index contributed by atoms with van der Waals surface area (Å²) in [4.78, 5) is 10.1. The second kappa shape index (κ2) is 5.95. The average molecular weight is 225 g/mol. The fourth-order valence-electron chi connectivity index (χ4n) is 1.22. The van der Waals surface area contributed by atoms with Crippen LogP contribution in [0.3, 0.4) is 0 Å². The van der Waals surface area contributed by atoms with Gasteiger partial charge in [-0.2, -0.15) is 0 Å². The zero-order valence-corrected chi connectivity index (χ0v) is 9.43. The molecule has 0 saturated carbocycles. The van der Waals surface area contributed by atoms with E-state index in [1.807, 2.05) is 0 Å². The quantitative estimate of drug-likeness (QED) is 0.424. The van der Waals surface area contributed by atoms with E-state index in [1.165, 1.54) is 19.2 Å². The summed E-state index contributed by atoms with van der Waals surface area (Å²) in [7, 11) is 1.46. The first kappa shape index (κ1) is 12.3. The highest BCUT2D eigenvalue weighted by Crippen LogP contribution is 2.31. The van der Waals surface area contributed by atoms with Crippen molar-refractivity contribution in [3.8, 4) is 11.5 Å². The lowest BCUT2D eigenvalue weighted by Crippen LogP contribution is -1.99. The van der Waals surface area contributed by atoms with E-state index in [-0.39, 0.29) is 5.69 Å². The number of unbranched alkanes of at least 4 members (excludes halogenated alkanes) is 1. The maximum Gasteiger partial charge on any atom is 0.273 e. The average Bonchev–Trinajstić information content (AvgIpc) is 2.29. The molecule has 0 bridgehead atoms. The van der Waals surface area contributed by atoms with Gasteiger partial charge in [-0.3, -0.25) is 10.1 Å². The lowest BCUT2D eigenvalue weighted by atomic mass is 10.3. The lowest BCUT2D eigenvalue weighted by Gasteiger charge is -2.09. The number of nitrogens with zero attached hydrogens (tertiary/aromatic N) is 1. The molecule has 0 amide bonds. The molecule has 0 unspecified atom stereocenters. The van der Waals surface area contributed by atoms with E-state index in [9.17, 15) is 10.1 Å². The number of methoxy groups -OCH3 is 1. The Kier molecular flexibility index (Phi) is 4.57. The van der Waals surface area contributed by atoms with Crippen molar-refractivity contribution >= 4 is 5.69 Å². The summed E-state index contributed by atoms with van der Waals surface area (Å²) in [5.74, 6) is 0.937. The first-order valence-electron chi connectivity index (χ1n) is 5.14. The molecule has 0 aliphatic heterocycles. The topological polar surface area (TPSA) is 61.6 Å². The molecular weight excluding hydrogens is 210 g/mol. The molecule has 0 fully saturated rings. The van der Waals surface area contributed by atoms with Crippen LogP contribution < -0.4 is 9.47 Å². The van der Waals surface area contributed by atoms with Gasteiger partial charge in [-0.1, -0.05) is 13.3 Å². The Bertz CT molecular complexity index is 365. The Balaban J connectivity index is 2.80. The van der Waals surface area contributed by atoms with Crippen LogP contribution in [-0.2, 0) is 0 Å². The van der Waals surface area contributed by atoms with Gasteiger partial charge >= 0.3 is 0 Å². The molecule has 0 aliphatic carbocycles. The number of nitro benzene ring substituents is 1. The van der Waals surface area contributed by atoms with E-state index in [0.29, 0.717) is 18.1 Å². The third-order valence-corrected chi connectivity index (χ3v) is 2.11. The minimum absolute atomic E-state index is 0.000286. The number of benzene rings is 1. The molecule has 0 saturated heterocycles. The first-order chi connectivity index (χ1) is 7.69. The van der Waals surface area contributed by atoms with Crippen LogP contribution in [0, 0.1) is 10.1 Å². The minimum Gasteiger partial charge on any atom is -0.493 e. The van der Waals surface area contributed by atoms with Crippen LogP contribution in [0.1, 0.15) is 19.8 Å². The van der Waals surface area contributed by atoms with Crippen LogP contribution in [0.4, 0.5) is 5.69 Å². The van der Waals surface area contributed by atoms with Gasteiger partial charge in [0, 0.05) is 6.07 Å². The molecular formula is C11H15NO4. The summed E-state index contributed by atoms with van der Waals surface area (Å²) in [6, 6.07) is 4.33. The number of hydrogen-bond donors (Lipinski definition) is 0. The fraction of sp³-hybridized carbons (Fsp3) is 0.455. The SMILES string of the molecule is CCCCOc1ccc([N+](=O)[O-])cc1OC. The maximum absolute atomic E-state index is 10.5. The zero-order chi connectivity index (χ0) is 12.0. The molecule has 0 atom stereocenters. The second-order valence-corrected chi connectivity index (χ2v) is 3.29. The molecule has 0 spiro atoms. The molecule has 88 valence electrons. The number of non-ortho nitro benzene ring substituents is 1. The van der Waals surface area contributed by atoms with Crippen molar-refractivity contribution in [2.75, 3.05) is 13.7 Å². The van der Waals surface area contributed by atoms with E-state index in [2.05, 4.69) is 6.92 Å². The molecule has 1 aromatic carbocycles. The van der Waals surface area contributed by atoms with E-state index >= 15 is 0 Å². The van der Waals surface area contributed by atoms with Crippen molar-refractivity contribution in [3.05, 3.63) is 28.3 Å².